The monoisotopic (exact) mass is 491 g/mol. The van der Waals surface area contributed by atoms with Crippen LogP contribution in [0.3, 0.4) is 0 Å². The van der Waals surface area contributed by atoms with Crippen LogP contribution in [0.4, 0.5) is 0 Å². The van der Waals surface area contributed by atoms with Gasteiger partial charge in [-0.1, -0.05) is 49.6 Å². The molecule has 0 spiro atoms. The smallest absolute Gasteiger partial charge is 0.290 e. The van der Waals surface area contributed by atoms with Crippen LogP contribution in [0.5, 0.6) is 0 Å². The highest BCUT2D eigenvalue weighted by molar-refractivity contribution is 5.94. The highest BCUT2D eigenvalue weighted by Gasteiger charge is 2.29. The molecule has 1 saturated carbocycles. The number of benzene rings is 1. The Bertz CT molecular complexity index is 1070. The maximum Gasteiger partial charge on any atom is 0.290 e. The Balaban J connectivity index is 1.52. The van der Waals surface area contributed by atoms with Gasteiger partial charge in [-0.2, -0.15) is 0 Å². The lowest BCUT2D eigenvalue weighted by molar-refractivity contribution is -0.135. The number of carbonyl (C=O) groups is 2. The number of furan rings is 1. The largest absolute Gasteiger partial charge is 0.459 e. The van der Waals surface area contributed by atoms with Gasteiger partial charge in [-0.25, -0.2) is 0 Å². The molecular weight excluding hydrogens is 454 g/mol. The fourth-order valence-electron chi connectivity index (χ4n) is 4.98. The summed E-state index contributed by atoms with van der Waals surface area (Å²) in [6.07, 6.45) is 9.68. The molecule has 2 heterocycles. The first-order valence-corrected chi connectivity index (χ1v) is 12.9. The molecule has 0 saturated heterocycles. The number of hydrogen-bond donors (Lipinski definition) is 0. The molecule has 0 N–H and O–H groups in total. The van der Waals surface area contributed by atoms with Gasteiger partial charge >= 0.3 is 0 Å². The molecule has 0 atom stereocenters. The van der Waals surface area contributed by atoms with Crippen LogP contribution in [0.15, 0.2) is 71.5 Å². The fraction of sp³-hybridized carbons (Fsp3) is 0.448. The summed E-state index contributed by atoms with van der Waals surface area (Å²) in [5.74, 6) is -0.0339. The molecule has 7 nitrogen and oxygen atoms in total. The molecule has 1 aliphatic rings. The molecule has 7 heteroatoms. The standard InChI is InChI=1S/C29H37N3O4/c1-35-19-10-18-31(29(34)27-16-9-20-36-27)23-28(33)32(25-13-6-3-7-14-25)22-26-15-8-17-30(26)21-24-11-4-2-5-12-24/h2,4-5,8-9,11-12,15-17,20,25H,3,6-7,10,13-14,18-19,21-23H2,1H3. The van der Waals surface area contributed by atoms with Crippen molar-refractivity contribution in [1.29, 1.82) is 0 Å². The lowest BCUT2D eigenvalue weighted by Gasteiger charge is -2.36. The van der Waals surface area contributed by atoms with Gasteiger partial charge < -0.3 is 23.5 Å². The van der Waals surface area contributed by atoms with Gasteiger partial charge in [0.25, 0.3) is 5.91 Å². The van der Waals surface area contributed by atoms with E-state index in [1.165, 1.54) is 18.2 Å². The van der Waals surface area contributed by atoms with Crippen molar-refractivity contribution in [3.63, 3.8) is 0 Å². The lowest BCUT2D eigenvalue weighted by atomic mass is 9.94. The Hall–Kier alpha value is -3.32. The van der Waals surface area contributed by atoms with Gasteiger partial charge in [0, 0.05) is 44.7 Å². The van der Waals surface area contributed by atoms with Gasteiger partial charge in [0.05, 0.1) is 12.8 Å². The van der Waals surface area contributed by atoms with E-state index in [1.807, 2.05) is 29.2 Å². The van der Waals surface area contributed by atoms with Gasteiger partial charge in [0.2, 0.25) is 5.91 Å². The molecule has 2 amide bonds. The van der Waals surface area contributed by atoms with E-state index in [0.717, 1.165) is 37.9 Å². The zero-order valence-corrected chi connectivity index (χ0v) is 21.2. The van der Waals surface area contributed by atoms with Crippen molar-refractivity contribution in [2.24, 2.45) is 0 Å². The first-order valence-electron chi connectivity index (χ1n) is 12.9. The van der Waals surface area contributed by atoms with E-state index >= 15 is 0 Å². The molecule has 4 rings (SSSR count). The lowest BCUT2D eigenvalue weighted by Crippen LogP contribution is -2.47. The number of carbonyl (C=O) groups excluding carboxylic acids is 2. The average Bonchev–Trinajstić information content (AvgIpc) is 3.60. The van der Waals surface area contributed by atoms with E-state index in [0.29, 0.717) is 26.1 Å². The topological polar surface area (TPSA) is 67.9 Å². The molecule has 1 aliphatic carbocycles. The predicted octanol–water partition coefficient (Wildman–Crippen LogP) is 4.97. The number of hydrogen-bond acceptors (Lipinski definition) is 4. The molecular formula is C29H37N3O4. The van der Waals surface area contributed by atoms with E-state index in [2.05, 4.69) is 29.0 Å². The summed E-state index contributed by atoms with van der Waals surface area (Å²) in [6, 6.07) is 18.0. The van der Waals surface area contributed by atoms with Crippen molar-refractivity contribution in [3.05, 3.63) is 84.1 Å². The third-order valence-electron chi connectivity index (χ3n) is 6.91. The molecule has 2 aromatic heterocycles. The van der Waals surface area contributed by atoms with E-state index in [9.17, 15) is 9.59 Å². The minimum atomic E-state index is -0.263. The zero-order valence-electron chi connectivity index (χ0n) is 21.2. The molecule has 0 bridgehead atoms. The number of ether oxygens (including phenoxy) is 1. The van der Waals surface area contributed by atoms with Crippen molar-refractivity contribution in [2.45, 2.75) is 57.7 Å². The Morgan fingerprint density at radius 1 is 1.03 bits per heavy atom. The summed E-state index contributed by atoms with van der Waals surface area (Å²) >= 11 is 0. The third kappa shape index (κ3) is 6.88. The molecule has 3 aromatic rings. The Labute approximate surface area is 213 Å². The van der Waals surface area contributed by atoms with Crippen molar-refractivity contribution in [2.75, 3.05) is 26.8 Å². The second-order valence-corrected chi connectivity index (χ2v) is 9.48. The van der Waals surface area contributed by atoms with Crippen LogP contribution in [-0.4, -0.2) is 59.0 Å². The van der Waals surface area contributed by atoms with Crippen LogP contribution in [0.2, 0.25) is 0 Å². The van der Waals surface area contributed by atoms with E-state index < -0.39 is 0 Å². The number of rotatable bonds is 12. The highest BCUT2D eigenvalue weighted by atomic mass is 16.5. The molecule has 192 valence electrons. The van der Waals surface area contributed by atoms with E-state index in [-0.39, 0.29) is 30.2 Å². The maximum absolute atomic E-state index is 13.8. The summed E-state index contributed by atoms with van der Waals surface area (Å²) in [7, 11) is 1.64. The minimum absolute atomic E-state index is 0.0216. The number of methoxy groups -OCH3 is 1. The summed E-state index contributed by atoms with van der Waals surface area (Å²) in [5, 5.41) is 0. The Morgan fingerprint density at radius 2 is 1.83 bits per heavy atom. The van der Waals surface area contributed by atoms with Crippen LogP contribution in [0.1, 0.15) is 60.3 Å². The van der Waals surface area contributed by atoms with Crippen LogP contribution in [0.25, 0.3) is 0 Å². The summed E-state index contributed by atoms with van der Waals surface area (Å²) in [4.78, 5) is 30.5. The van der Waals surface area contributed by atoms with Gasteiger partial charge in [0.15, 0.2) is 5.76 Å². The van der Waals surface area contributed by atoms with E-state index in [4.69, 9.17) is 9.15 Å². The van der Waals surface area contributed by atoms with Crippen molar-refractivity contribution in [1.82, 2.24) is 14.4 Å². The van der Waals surface area contributed by atoms with Gasteiger partial charge in [0.1, 0.15) is 6.54 Å². The minimum Gasteiger partial charge on any atom is -0.459 e. The summed E-state index contributed by atoms with van der Waals surface area (Å²) < 4.78 is 12.7. The molecule has 0 aliphatic heterocycles. The first kappa shape index (κ1) is 25.8. The zero-order chi connectivity index (χ0) is 25.2. The third-order valence-corrected chi connectivity index (χ3v) is 6.91. The summed E-state index contributed by atoms with van der Waals surface area (Å²) in [6.45, 7) is 2.27. The Kier molecular flexibility index (Phi) is 9.39. The molecule has 1 fully saturated rings. The first-order chi connectivity index (χ1) is 17.7. The fourth-order valence-corrected chi connectivity index (χ4v) is 4.98. The van der Waals surface area contributed by atoms with Crippen LogP contribution in [0, 0.1) is 0 Å². The average molecular weight is 492 g/mol. The van der Waals surface area contributed by atoms with Crippen molar-refractivity contribution in [3.8, 4) is 0 Å². The molecule has 1 aromatic carbocycles. The number of aromatic nitrogens is 1. The number of nitrogens with zero attached hydrogens (tertiary/aromatic N) is 3. The molecule has 0 radical (unpaired) electrons. The van der Waals surface area contributed by atoms with Gasteiger partial charge in [-0.3, -0.25) is 9.59 Å². The van der Waals surface area contributed by atoms with Crippen LogP contribution < -0.4 is 0 Å². The van der Waals surface area contributed by atoms with Gasteiger partial charge in [-0.15, -0.1) is 0 Å². The predicted molar refractivity (Wildman–Crippen MR) is 139 cm³/mol. The summed E-state index contributed by atoms with van der Waals surface area (Å²) in [5.41, 5.74) is 2.32. The van der Waals surface area contributed by atoms with Crippen LogP contribution in [-0.2, 0) is 22.6 Å². The van der Waals surface area contributed by atoms with Crippen LogP contribution >= 0.6 is 0 Å². The second kappa shape index (κ2) is 13.1. The number of amides is 2. The SMILES string of the molecule is COCCCN(CC(=O)N(Cc1cccn1Cc1ccccc1)C1CCCCC1)C(=O)c1ccco1. The van der Waals surface area contributed by atoms with Crippen molar-refractivity contribution < 1.29 is 18.7 Å². The van der Waals surface area contributed by atoms with E-state index in [1.54, 1.807) is 24.1 Å². The second-order valence-electron chi connectivity index (χ2n) is 9.48. The molecule has 36 heavy (non-hydrogen) atoms. The normalized spacial score (nSPS) is 14.0. The molecule has 0 unspecified atom stereocenters. The highest BCUT2D eigenvalue weighted by Crippen LogP contribution is 2.25. The Morgan fingerprint density at radius 3 is 2.56 bits per heavy atom. The quantitative estimate of drug-likeness (QED) is 0.336. The van der Waals surface area contributed by atoms with Crippen molar-refractivity contribution >= 4 is 11.8 Å². The maximum atomic E-state index is 13.8. The van der Waals surface area contributed by atoms with Gasteiger partial charge in [-0.05, 0) is 49.1 Å².